The van der Waals surface area contributed by atoms with Crippen LogP contribution in [-0.4, -0.2) is 13.7 Å². The maximum atomic E-state index is 12.6. The van der Waals surface area contributed by atoms with E-state index >= 15 is 0 Å². The number of unbranched alkanes of at least 4 members (excludes halogenated alkanes) is 1. The molecule has 2 nitrogen and oxygen atoms in total. The molecule has 1 unspecified atom stereocenters. The van der Waals surface area contributed by atoms with Crippen LogP contribution in [0.15, 0.2) is 45.0 Å². The molecule has 0 spiro atoms. The molecule has 1 fully saturated rings. The van der Waals surface area contributed by atoms with Crippen LogP contribution < -0.4 is 0 Å². The maximum Gasteiger partial charge on any atom is 0.203 e. The van der Waals surface area contributed by atoms with Crippen LogP contribution in [0, 0.1) is 0 Å². The largest absolute Gasteiger partial charge is 0.219 e. The van der Waals surface area contributed by atoms with E-state index in [1.807, 2.05) is 6.07 Å². The summed E-state index contributed by atoms with van der Waals surface area (Å²) in [4.78, 5) is 2.13. The highest BCUT2D eigenvalue weighted by Gasteiger charge is 2.35. The van der Waals surface area contributed by atoms with Crippen LogP contribution in [0.5, 0.6) is 0 Å². The van der Waals surface area contributed by atoms with Gasteiger partial charge in [-0.25, -0.2) is 8.42 Å². The fourth-order valence-corrected chi connectivity index (χ4v) is 4.81. The van der Waals surface area contributed by atoms with E-state index in [1.165, 1.54) is 0 Å². The van der Waals surface area contributed by atoms with Crippen molar-refractivity contribution in [2.45, 2.75) is 43.3 Å². The van der Waals surface area contributed by atoms with E-state index in [0.29, 0.717) is 21.5 Å². The second kappa shape index (κ2) is 5.49. The first-order chi connectivity index (χ1) is 8.57. The predicted molar refractivity (Wildman–Crippen MR) is 77.2 cm³/mol. The Kier molecular flexibility index (Phi) is 4.17. The topological polar surface area (TPSA) is 34.1 Å². The van der Waals surface area contributed by atoms with Gasteiger partial charge in [-0.1, -0.05) is 31.5 Å². The molecule has 1 heterocycles. The third-order valence-electron chi connectivity index (χ3n) is 3.03. The zero-order valence-electron chi connectivity index (χ0n) is 10.7. The molecule has 0 aliphatic carbocycles. The molecule has 0 radical (unpaired) electrons. The minimum absolute atomic E-state index is 0.371. The summed E-state index contributed by atoms with van der Waals surface area (Å²) in [6.45, 7) is 4.15. The molecule has 1 aromatic rings. The molecule has 0 amide bonds. The molecule has 0 N–H and O–H groups in total. The zero-order valence-corrected chi connectivity index (χ0v) is 12.4. The van der Waals surface area contributed by atoms with Gasteiger partial charge in [0.15, 0.2) is 0 Å². The van der Waals surface area contributed by atoms with Gasteiger partial charge in [-0.05, 0) is 31.9 Å². The van der Waals surface area contributed by atoms with Gasteiger partial charge in [-0.15, -0.1) is 11.8 Å². The third kappa shape index (κ3) is 2.81. The van der Waals surface area contributed by atoms with Crippen molar-refractivity contribution in [1.82, 2.24) is 0 Å². The van der Waals surface area contributed by atoms with Gasteiger partial charge in [-0.3, -0.25) is 0 Å². The van der Waals surface area contributed by atoms with Crippen molar-refractivity contribution in [3.05, 3.63) is 40.1 Å². The first kappa shape index (κ1) is 13.7. The summed E-state index contributed by atoms with van der Waals surface area (Å²) >= 11 is 1.67. The fraction of sp³-hybridized carbons (Fsp3) is 0.429. The van der Waals surface area contributed by atoms with E-state index in [9.17, 15) is 8.42 Å². The van der Waals surface area contributed by atoms with Crippen LogP contribution in [0.3, 0.4) is 0 Å². The van der Waals surface area contributed by atoms with E-state index < -0.39 is 9.84 Å². The Bertz CT molecular complexity index is 544. The highest BCUT2D eigenvalue weighted by molar-refractivity contribution is 8.12. The van der Waals surface area contributed by atoms with Crippen LogP contribution in [0.2, 0.25) is 0 Å². The SMILES string of the molecule is CCCC/C(=C1\SC1C)S(=O)(=O)c1ccccc1. The Morgan fingerprint density at radius 3 is 2.39 bits per heavy atom. The lowest BCUT2D eigenvalue weighted by Gasteiger charge is -2.08. The monoisotopic (exact) mass is 282 g/mol. The molecule has 2 rings (SSSR count). The molecule has 1 saturated heterocycles. The first-order valence-electron chi connectivity index (χ1n) is 6.27. The van der Waals surface area contributed by atoms with E-state index in [2.05, 4.69) is 13.8 Å². The van der Waals surface area contributed by atoms with E-state index in [-0.39, 0.29) is 0 Å². The number of allylic oxidation sites excluding steroid dienone is 1. The van der Waals surface area contributed by atoms with Crippen LogP contribution in [-0.2, 0) is 9.84 Å². The normalized spacial score (nSPS) is 21.8. The second-order valence-electron chi connectivity index (χ2n) is 4.47. The molecule has 98 valence electrons. The molecule has 1 aromatic carbocycles. The van der Waals surface area contributed by atoms with Crippen molar-refractivity contribution < 1.29 is 8.42 Å². The summed E-state index contributed by atoms with van der Waals surface area (Å²) in [6.07, 6.45) is 2.61. The number of sulfone groups is 1. The smallest absolute Gasteiger partial charge is 0.203 e. The van der Waals surface area contributed by atoms with Crippen molar-refractivity contribution in [3.63, 3.8) is 0 Å². The number of hydrogen-bond acceptors (Lipinski definition) is 3. The minimum atomic E-state index is -3.28. The molecule has 1 aliphatic rings. The highest BCUT2D eigenvalue weighted by atomic mass is 32.2. The standard InChI is InChI=1S/C14H18O2S2/c1-3-4-10-13(14-11(2)17-14)18(15,16)12-8-6-5-7-9-12/h5-9,11H,3-4,10H2,1-2H3/b14-13+. The van der Waals surface area contributed by atoms with Gasteiger partial charge in [0.25, 0.3) is 0 Å². The van der Waals surface area contributed by atoms with Gasteiger partial charge < -0.3 is 0 Å². The highest BCUT2D eigenvalue weighted by Crippen LogP contribution is 2.50. The molecule has 18 heavy (non-hydrogen) atoms. The molecule has 1 atom stereocenters. The van der Waals surface area contributed by atoms with Crippen LogP contribution in [0.1, 0.15) is 33.1 Å². The van der Waals surface area contributed by atoms with Crippen molar-refractivity contribution in [2.24, 2.45) is 0 Å². The molecular weight excluding hydrogens is 264 g/mol. The Hall–Kier alpha value is -0.740. The lowest BCUT2D eigenvalue weighted by molar-refractivity contribution is 0.598. The molecule has 0 aromatic heterocycles. The van der Waals surface area contributed by atoms with Crippen molar-refractivity contribution in [3.8, 4) is 0 Å². The zero-order chi connectivity index (χ0) is 13.2. The lowest BCUT2D eigenvalue weighted by Crippen LogP contribution is -2.05. The minimum Gasteiger partial charge on any atom is -0.219 e. The summed E-state index contributed by atoms with van der Waals surface area (Å²) in [5.41, 5.74) is 0. The Morgan fingerprint density at radius 2 is 1.89 bits per heavy atom. The molecule has 1 aliphatic heterocycles. The summed E-state index contributed by atoms with van der Waals surface area (Å²) in [5.74, 6) is 0. The average molecular weight is 282 g/mol. The van der Waals surface area contributed by atoms with Crippen LogP contribution in [0.25, 0.3) is 0 Å². The van der Waals surface area contributed by atoms with E-state index in [4.69, 9.17) is 0 Å². The summed E-state index contributed by atoms with van der Waals surface area (Å²) in [6, 6.07) is 8.75. The van der Waals surface area contributed by atoms with E-state index in [0.717, 1.165) is 17.7 Å². The Balaban J connectivity index is 2.38. The lowest BCUT2D eigenvalue weighted by atomic mass is 10.2. The molecule has 0 bridgehead atoms. The third-order valence-corrected chi connectivity index (χ3v) is 6.31. The van der Waals surface area contributed by atoms with Gasteiger partial charge in [0.05, 0.1) is 9.80 Å². The van der Waals surface area contributed by atoms with Crippen LogP contribution in [0.4, 0.5) is 0 Å². The van der Waals surface area contributed by atoms with Gasteiger partial charge in [0.2, 0.25) is 9.84 Å². The Morgan fingerprint density at radius 1 is 1.28 bits per heavy atom. The summed E-state index contributed by atoms with van der Waals surface area (Å²) < 4.78 is 25.2. The maximum absolute atomic E-state index is 12.6. The number of thioether (sulfide) groups is 1. The fourth-order valence-electron chi connectivity index (χ4n) is 1.92. The van der Waals surface area contributed by atoms with Crippen molar-refractivity contribution in [1.29, 1.82) is 0 Å². The molecular formula is C14H18O2S2. The summed E-state index contributed by atoms with van der Waals surface area (Å²) in [5, 5.41) is 0.371. The number of rotatable bonds is 5. The Labute approximate surface area is 113 Å². The van der Waals surface area contributed by atoms with Crippen molar-refractivity contribution in [2.75, 3.05) is 0 Å². The van der Waals surface area contributed by atoms with Gasteiger partial charge in [0.1, 0.15) is 0 Å². The predicted octanol–water partition coefficient (Wildman–Crippen LogP) is 4.00. The first-order valence-corrected chi connectivity index (χ1v) is 8.63. The van der Waals surface area contributed by atoms with E-state index in [1.54, 1.807) is 36.0 Å². The average Bonchev–Trinajstić information content (AvgIpc) is 3.07. The molecule has 4 heteroatoms. The number of benzene rings is 1. The van der Waals surface area contributed by atoms with Gasteiger partial charge in [-0.2, -0.15) is 0 Å². The quantitative estimate of drug-likeness (QED) is 0.766. The summed E-state index contributed by atoms with van der Waals surface area (Å²) in [7, 11) is -3.28. The second-order valence-corrected chi connectivity index (χ2v) is 7.82. The van der Waals surface area contributed by atoms with Crippen LogP contribution >= 0.6 is 11.8 Å². The molecule has 0 saturated carbocycles. The number of hydrogen-bond donors (Lipinski definition) is 0. The van der Waals surface area contributed by atoms with Gasteiger partial charge >= 0.3 is 0 Å². The van der Waals surface area contributed by atoms with Crippen molar-refractivity contribution >= 4 is 21.6 Å². The van der Waals surface area contributed by atoms with Gasteiger partial charge in [0, 0.05) is 10.2 Å².